The number of esters is 2. The molecule has 4 rings (SSSR count). The molecule has 0 spiro atoms. The van der Waals surface area contributed by atoms with E-state index in [9.17, 15) is 14.0 Å². The molecule has 0 saturated carbocycles. The van der Waals surface area contributed by atoms with Crippen molar-refractivity contribution in [2.24, 2.45) is 10.1 Å². The molecule has 0 N–H and O–H groups in total. The van der Waals surface area contributed by atoms with Gasteiger partial charge in [0.25, 0.3) is 0 Å². The van der Waals surface area contributed by atoms with Crippen molar-refractivity contribution in [3.63, 3.8) is 0 Å². The molecule has 9 heteroatoms. The number of rotatable bonds is 5. The Bertz CT molecular complexity index is 1140. The van der Waals surface area contributed by atoms with Crippen LogP contribution in [0.25, 0.3) is 0 Å². The summed E-state index contributed by atoms with van der Waals surface area (Å²) in [5.74, 6) is -1.43. The quantitative estimate of drug-likeness (QED) is 0.669. The third-order valence-corrected chi connectivity index (χ3v) is 5.07. The van der Waals surface area contributed by atoms with Gasteiger partial charge >= 0.3 is 11.9 Å². The fourth-order valence-electron chi connectivity index (χ4n) is 3.67. The van der Waals surface area contributed by atoms with Gasteiger partial charge in [0.1, 0.15) is 5.82 Å². The number of fused-ring (bicyclic) bond motifs is 1. The highest BCUT2D eigenvalue weighted by Crippen LogP contribution is 2.40. The summed E-state index contributed by atoms with van der Waals surface area (Å²) in [5.41, 5.74) is 1.85. The minimum atomic E-state index is -0.826. The Morgan fingerprint density at radius 2 is 1.75 bits per heavy atom. The van der Waals surface area contributed by atoms with E-state index in [-0.39, 0.29) is 18.0 Å². The van der Waals surface area contributed by atoms with Crippen LogP contribution in [-0.4, -0.2) is 42.4 Å². The molecule has 0 aromatic heterocycles. The number of halogens is 1. The molecule has 2 aliphatic heterocycles. The Balaban J connectivity index is 1.94. The maximum Gasteiger partial charge on any atom is 0.376 e. The summed E-state index contributed by atoms with van der Waals surface area (Å²) >= 11 is 0. The minimum absolute atomic E-state index is 0.0438. The Morgan fingerprint density at radius 3 is 2.38 bits per heavy atom. The van der Waals surface area contributed by atoms with Crippen LogP contribution in [0, 0.1) is 5.82 Å². The van der Waals surface area contributed by atoms with E-state index in [4.69, 9.17) is 9.47 Å². The van der Waals surface area contributed by atoms with Crippen molar-refractivity contribution in [2.75, 3.05) is 18.7 Å². The number of anilines is 1. The molecule has 2 heterocycles. The number of carbonyl (C=O) groups is 2. The Morgan fingerprint density at radius 1 is 1.06 bits per heavy atom. The average molecular weight is 436 g/mol. The third kappa shape index (κ3) is 3.62. The van der Waals surface area contributed by atoms with Crippen LogP contribution in [0.1, 0.15) is 25.5 Å². The van der Waals surface area contributed by atoms with E-state index in [1.54, 1.807) is 26.0 Å². The SMILES string of the molecule is CCOC(=O)C1=NN(c2ccccc2)C2=NC(C)=C(C(=O)OC)[C@H](c3ccc(F)cc3)N12. The van der Waals surface area contributed by atoms with E-state index >= 15 is 0 Å². The first-order valence-corrected chi connectivity index (χ1v) is 9.99. The van der Waals surface area contributed by atoms with Crippen molar-refractivity contribution in [1.29, 1.82) is 0 Å². The molecule has 0 fully saturated rings. The lowest BCUT2D eigenvalue weighted by molar-refractivity contribution is -0.138. The van der Waals surface area contributed by atoms with Crippen LogP contribution in [-0.2, 0) is 19.1 Å². The lowest BCUT2D eigenvalue weighted by atomic mass is 9.94. The molecule has 32 heavy (non-hydrogen) atoms. The lowest BCUT2D eigenvalue weighted by Gasteiger charge is -2.35. The molecule has 0 bridgehead atoms. The molecule has 8 nitrogen and oxygen atoms in total. The predicted octanol–water partition coefficient (Wildman–Crippen LogP) is 3.38. The van der Waals surface area contributed by atoms with Gasteiger partial charge in [-0.2, -0.15) is 5.01 Å². The molecule has 0 aliphatic carbocycles. The normalized spacial score (nSPS) is 17.6. The molecule has 0 amide bonds. The number of guanidine groups is 1. The van der Waals surface area contributed by atoms with Gasteiger partial charge in [-0.05, 0) is 43.7 Å². The second kappa shape index (κ2) is 8.62. The molecule has 0 unspecified atom stereocenters. The summed E-state index contributed by atoms with van der Waals surface area (Å²) in [6.45, 7) is 3.51. The summed E-state index contributed by atoms with van der Waals surface area (Å²) in [6, 6.07) is 14.0. The van der Waals surface area contributed by atoms with Crippen molar-refractivity contribution >= 4 is 29.4 Å². The maximum absolute atomic E-state index is 13.7. The van der Waals surface area contributed by atoms with Gasteiger partial charge in [-0.1, -0.05) is 30.3 Å². The van der Waals surface area contributed by atoms with E-state index < -0.39 is 23.8 Å². The zero-order valence-electron chi connectivity index (χ0n) is 17.8. The first kappa shape index (κ1) is 21.2. The fraction of sp³-hybridized carbons (Fsp3) is 0.217. The van der Waals surface area contributed by atoms with Gasteiger partial charge in [-0.3, -0.25) is 4.90 Å². The number of methoxy groups -OCH3 is 1. The van der Waals surface area contributed by atoms with E-state index in [0.717, 1.165) is 0 Å². The highest BCUT2D eigenvalue weighted by molar-refractivity contribution is 6.41. The van der Waals surface area contributed by atoms with Crippen molar-refractivity contribution in [3.05, 3.63) is 77.2 Å². The Hall–Kier alpha value is -4.01. The summed E-state index contributed by atoms with van der Waals surface area (Å²) < 4.78 is 23.9. The molecule has 164 valence electrons. The summed E-state index contributed by atoms with van der Waals surface area (Å²) in [6.07, 6.45) is 0. The highest BCUT2D eigenvalue weighted by Gasteiger charge is 2.47. The predicted molar refractivity (Wildman–Crippen MR) is 116 cm³/mol. The number of hydrogen-bond acceptors (Lipinski definition) is 8. The summed E-state index contributed by atoms with van der Waals surface area (Å²) in [7, 11) is 1.27. The molecule has 2 aromatic carbocycles. The van der Waals surface area contributed by atoms with E-state index in [2.05, 4.69) is 10.1 Å². The smallest absolute Gasteiger partial charge is 0.376 e. The maximum atomic E-state index is 13.7. The van der Waals surface area contributed by atoms with E-state index in [1.165, 1.54) is 29.2 Å². The standard InChI is InChI=1S/C23H21FN4O4/c1-4-32-22(30)20-26-28(17-8-6-5-7-9-17)23-25-14(2)18(21(29)31-3)19(27(20)23)15-10-12-16(24)13-11-15/h5-13,19H,4H2,1-3H3/t19-/m0/s1. The van der Waals surface area contributed by atoms with E-state index in [0.29, 0.717) is 22.9 Å². The zero-order chi connectivity index (χ0) is 22.8. The third-order valence-electron chi connectivity index (χ3n) is 5.07. The van der Waals surface area contributed by atoms with Gasteiger partial charge < -0.3 is 9.47 Å². The van der Waals surface area contributed by atoms with Crippen LogP contribution in [0.2, 0.25) is 0 Å². The first-order chi connectivity index (χ1) is 15.5. The molecule has 0 saturated heterocycles. The fourth-order valence-corrected chi connectivity index (χ4v) is 3.67. The lowest BCUT2D eigenvalue weighted by Crippen LogP contribution is -2.47. The highest BCUT2D eigenvalue weighted by atomic mass is 19.1. The van der Waals surface area contributed by atoms with Crippen molar-refractivity contribution in [3.8, 4) is 0 Å². The van der Waals surface area contributed by atoms with Gasteiger partial charge in [0.2, 0.25) is 11.8 Å². The van der Waals surface area contributed by atoms with Crippen molar-refractivity contribution in [2.45, 2.75) is 19.9 Å². The van der Waals surface area contributed by atoms with Crippen molar-refractivity contribution in [1.82, 2.24) is 4.90 Å². The number of hydrogen-bond donors (Lipinski definition) is 0. The molecule has 1 atom stereocenters. The van der Waals surface area contributed by atoms with E-state index in [1.807, 2.05) is 30.3 Å². The van der Waals surface area contributed by atoms with Gasteiger partial charge in [0.05, 0.1) is 36.7 Å². The molecular formula is C23H21FN4O4. The van der Waals surface area contributed by atoms with Crippen LogP contribution in [0.5, 0.6) is 0 Å². The molecule has 2 aliphatic rings. The molecule has 0 radical (unpaired) electrons. The second-order valence-electron chi connectivity index (χ2n) is 7.02. The topological polar surface area (TPSA) is 83.8 Å². The number of ether oxygens (including phenoxy) is 2. The summed E-state index contributed by atoms with van der Waals surface area (Å²) in [5, 5.41) is 6.00. The molecule has 2 aromatic rings. The minimum Gasteiger partial charge on any atom is -0.466 e. The number of aliphatic imine (C=N–C) groups is 1. The van der Waals surface area contributed by atoms with Crippen LogP contribution in [0.15, 0.2) is 76.0 Å². The van der Waals surface area contributed by atoms with Crippen LogP contribution >= 0.6 is 0 Å². The second-order valence-corrected chi connectivity index (χ2v) is 7.02. The number of para-hydroxylation sites is 1. The van der Waals surface area contributed by atoms with Gasteiger partial charge in [0, 0.05) is 0 Å². The number of carbonyl (C=O) groups excluding carboxylic acids is 2. The van der Waals surface area contributed by atoms with Crippen LogP contribution in [0.3, 0.4) is 0 Å². The Kier molecular flexibility index (Phi) is 5.72. The Labute approximate surface area is 184 Å². The number of amidine groups is 1. The van der Waals surface area contributed by atoms with Gasteiger partial charge in [-0.15, -0.1) is 5.10 Å². The number of nitrogens with zero attached hydrogens (tertiary/aromatic N) is 4. The van der Waals surface area contributed by atoms with Crippen LogP contribution in [0.4, 0.5) is 10.1 Å². The monoisotopic (exact) mass is 436 g/mol. The molecular weight excluding hydrogens is 415 g/mol. The van der Waals surface area contributed by atoms with Crippen molar-refractivity contribution < 1.29 is 23.5 Å². The number of benzene rings is 2. The number of allylic oxidation sites excluding steroid dienone is 1. The van der Waals surface area contributed by atoms with Crippen LogP contribution < -0.4 is 5.01 Å². The zero-order valence-corrected chi connectivity index (χ0v) is 17.8. The van der Waals surface area contributed by atoms with Gasteiger partial charge in [-0.25, -0.2) is 19.0 Å². The van der Waals surface area contributed by atoms with Gasteiger partial charge in [0.15, 0.2) is 0 Å². The summed E-state index contributed by atoms with van der Waals surface area (Å²) in [4.78, 5) is 31.7. The number of hydrazone groups is 1. The largest absolute Gasteiger partial charge is 0.466 e. The first-order valence-electron chi connectivity index (χ1n) is 9.99. The average Bonchev–Trinajstić information content (AvgIpc) is 3.18.